The minimum Gasteiger partial charge on any atom is -0.328 e. The molecule has 20 heavy (non-hydrogen) atoms. The molecule has 6 heteroatoms. The Morgan fingerprint density at radius 1 is 1.35 bits per heavy atom. The first-order valence-electron chi connectivity index (χ1n) is 6.57. The van der Waals surface area contributed by atoms with Crippen LogP contribution in [0.2, 0.25) is 5.02 Å². The molecule has 0 atom stereocenters. The van der Waals surface area contributed by atoms with Gasteiger partial charge in [-0.05, 0) is 33.1 Å². The van der Waals surface area contributed by atoms with Crippen LogP contribution in [-0.2, 0) is 13.0 Å². The van der Waals surface area contributed by atoms with Gasteiger partial charge in [-0.15, -0.1) is 11.6 Å². The molecule has 1 aromatic carbocycles. The molecule has 3 nitrogen and oxygen atoms in total. The maximum Gasteiger partial charge on any atom is 0.144 e. The fourth-order valence-corrected chi connectivity index (χ4v) is 2.57. The first-order valence-corrected chi connectivity index (χ1v) is 7.49. The highest BCUT2D eigenvalue weighted by Crippen LogP contribution is 2.24. The molecule has 1 heterocycles. The Kier molecular flexibility index (Phi) is 5.24. The van der Waals surface area contributed by atoms with Crippen molar-refractivity contribution < 1.29 is 4.39 Å². The molecule has 0 aliphatic carbocycles. The van der Waals surface area contributed by atoms with Gasteiger partial charge in [0.15, 0.2) is 0 Å². The Hall–Kier alpha value is -0.840. The lowest BCUT2D eigenvalue weighted by Crippen LogP contribution is -2.16. The maximum absolute atomic E-state index is 13.7. The van der Waals surface area contributed by atoms with Crippen LogP contribution in [-0.4, -0.2) is 41.0 Å². The van der Waals surface area contributed by atoms with E-state index in [1.165, 1.54) is 6.07 Å². The normalized spacial score (nSPS) is 11.7. The lowest BCUT2D eigenvalue weighted by atomic mass is 10.3. The summed E-state index contributed by atoms with van der Waals surface area (Å²) in [4.78, 5) is 6.64. The van der Waals surface area contributed by atoms with E-state index in [1.807, 2.05) is 18.7 Å². The quantitative estimate of drug-likeness (QED) is 0.759. The summed E-state index contributed by atoms with van der Waals surface area (Å²) in [5.74, 6) is 0.966. The minimum absolute atomic E-state index is 0.105. The summed E-state index contributed by atoms with van der Waals surface area (Å²) in [7, 11) is 4.07. The smallest absolute Gasteiger partial charge is 0.144 e. The summed E-state index contributed by atoms with van der Waals surface area (Å²) < 4.78 is 15.7. The summed E-state index contributed by atoms with van der Waals surface area (Å²) >= 11 is 11.6. The first-order chi connectivity index (χ1) is 9.52. The van der Waals surface area contributed by atoms with Gasteiger partial charge in [0, 0.05) is 24.9 Å². The molecule has 0 saturated carbocycles. The Bertz CT molecular complexity index is 596. The third kappa shape index (κ3) is 3.43. The van der Waals surface area contributed by atoms with Crippen molar-refractivity contribution in [2.45, 2.75) is 19.4 Å². The molecule has 0 aliphatic rings. The van der Waals surface area contributed by atoms with Crippen LogP contribution in [0.5, 0.6) is 0 Å². The van der Waals surface area contributed by atoms with Crippen LogP contribution in [0.4, 0.5) is 4.39 Å². The van der Waals surface area contributed by atoms with Crippen molar-refractivity contribution >= 4 is 34.2 Å². The van der Waals surface area contributed by atoms with E-state index in [4.69, 9.17) is 23.2 Å². The average Bonchev–Trinajstić information content (AvgIpc) is 2.68. The molecule has 0 spiro atoms. The minimum atomic E-state index is -0.412. The standard InChI is InChI=1S/C14H18Cl2FN3/c1-19(2)6-3-7-20-13-9-11(17)10(16)8-12(13)18-14(20)4-5-15/h8-9H,3-7H2,1-2H3. The molecule has 110 valence electrons. The van der Waals surface area contributed by atoms with Crippen LogP contribution in [0.1, 0.15) is 12.2 Å². The molecule has 0 unspecified atom stereocenters. The van der Waals surface area contributed by atoms with Gasteiger partial charge in [-0.1, -0.05) is 11.6 Å². The molecule has 0 fully saturated rings. The molecule has 0 radical (unpaired) electrons. The number of hydrogen-bond acceptors (Lipinski definition) is 2. The second-order valence-corrected chi connectivity index (χ2v) is 5.82. The van der Waals surface area contributed by atoms with Crippen LogP contribution >= 0.6 is 23.2 Å². The van der Waals surface area contributed by atoms with Crippen molar-refractivity contribution in [2.24, 2.45) is 0 Å². The largest absolute Gasteiger partial charge is 0.328 e. The van der Waals surface area contributed by atoms with E-state index in [0.717, 1.165) is 36.4 Å². The summed E-state index contributed by atoms with van der Waals surface area (Å²) in [6, 6.07) is 3.03. The zero-order chi connectivity index (χ0) is 14.7. The summed E-state index contributed by atoms with van der Waals surface area (Å²) in [5.41, 5.74) is 1.51. The summed E-state index contributed by atoms with van der Waals surface area (Å²) in [5, 5.41) is 0.105. The van der Waals surface area contributed by atoms with Gasteiger partial charge in [0.25, 0.3) is 0 Å². The van der Waals surface area contributed by atoms with Gasteiger partial charge in [0.05, 0.1) is 16.1 Å². The monoisotopic (exact) mass is 317 g/mol. The average molecular weight is 318 g/mol. The molecule has 0 N–H and O–H groups in total. The lowest BCUT2D eigenvalue weighted by Gasteiger charge is -2.12. The number of aryl methyl sites for hydroxylation is 2. The first kappa shape index (κ1) is 15.5. The predicted molar refractivity (Wildman–Crippen MR) is 82.3 cm³/mol. The van der Waals surface area contributed by atoms with Crippen molar-refractivity contribution in [3.05, 3.63) is 28.8 Å². The molecule has 2 aromatic rings. The highest BCUT2D eigenvalue weighted by atomic mass is 35.5. The van der Waals surface area contributed by atoms with E-state index in [2.05, 4.69) is 9.88 Å². The van der Waals surface area contributed by atoms with Gasteiger partial charge >= 0.3 is 0 Å². The van der Waals surface area contributed by atoms with E-state index in [-0.39, 0.29) is 5.02 Å². The van der Waals surface area contributed by atoms with Crippen molar-refractivity contribution in [3.8, 4) is 0 Å². The van der Waals surface area contributed by atoms with Crippen LogP contribution < -0.4 is 0 Å². The Morgan fingerprint density at radius 2 is 2.10 bits per heavy atom. The Morgan fingerprint density at radius 3 is 2.75 bits per heavy atom. The van der Waals surface area contributed by atoms with Crippen LogP contribution in [0, 0.1) is 5.82 Å². The highest BCUT2D eigenvalue weighted by molar-refractivity contribution is 6.31. The molecule has 0 amide bonds. The number of halogens is 3. The van der Waals surface area contributed by atoms with Crippen LogP contribution in [0.15, 0.2) is 12.1 Å². The summed E-state index contributed by atoms with van der Waals surface area (Å²) in [6.07, 6.45) is 1.63. The van der Waals surface area contributed by atoms with E-state index in [9.17, 15) is 4.39 Å². The SMILES string of the molecule is CN(C)CCCn1c(CCCl)nc2cc(Cl)c(F)cc21. The van der Waals surface area contributed by atoms with Gasteiger partial charge in [0.2, 0.25) is 0 Å². The fourth-order valence-electron chi connectivity index (χ4n) is 2.24. The number of hydrogen-bond donors (Lipinski definition) is 0. The van der Waals surface area contributed by atoms with Crippen molar-refractivity contribution in [3.63, 3.8) is 0 Å². The number of benzene rings is 1. The summed E-state index contributed by atoms with van der Waals surface area (Å²) in [6.45, 7) is 1.76. The number of imidazole rings is 1. The third-order valence-corrected chi connectivity index (χ3v) is 3.65. The van der Waals surface area contributed by atoms with Gasteiger partial charge in [0.1, 0.15) is 11.6 Å². The molecule has 2 rings (SSSR count). The van der Waals surface area contributed by atoms with Crippen molar-refractivity contribution in [2.75, 3.05) is 26.5 Å². The maximum atomic E-state index is 13.7. The van der Waals surface area contributed by atoms with Crippen molar-refractivity contribution in [1.82, 2.24) is 14.5 Å². The molecular weight excluding hydrogens is 300 g/mol. The number of alkyl halides is 1. The lowest BCUT2D eigenvalue weighted by molar-refractivity contribution is 0.386. The second kappa shape index (κ2) is 6.74. The zero-order valence-corrected chi connectivity index (χ0v) is 13.2. The fraction of sp³-hybridized carbons (Fsp3) is 0.500. The van der Waals surface area contributed by atoms with E-state index < -0.39 is 5.82 Å². The van der Waals surface area contributed by atoms with E-state index >= 15 is 0 Å². The Balaban J connectivity index is 2.37. The number of fused-ring (bicyclic) bond motifs is 1. The topological polar surface area (TPSA) is 21.1 Å². The van der Waals surface area contributed by atoms with Crippen molar-refractivity contribution in [1.29, 1.82) is 0 Å². The number of aromatic nitrogens is 2. The van der Waals surface area contributed by atoms with Gasteiger partial charge < -0.3 is 9.47 Å². The Labute approximate surface area is 128 Å². The number of rotatable bonds is 6. The molecule has 0 saturated heterocycles. The highest BCUT2D eigenvalue weighted by Gasteiger charge is 2.13. The van der Waals surface area contributed by atoms with Crippen LogP contribution in [0.3, 0.4) is 0 Å². The van der Waals surface area contributed by atoms with Crippen LogP contribution in [0.25, 0.3) is 11.0 Å². The van der Waals surface area contributed by atoms with Gasteiger partial charge in [-0.2, -0.15) is 0 Å². The number of nitrogens with zero attached hydrogens (tertiary/aromatic N) is 3. The zero-order valence-electron chi connectivity index (χ0n) is 11.7. The molecule has 1 aromatic heterocycles. The second-order valence-electron chi connectivity index (χ2n) is 5.03. The third-order valence-electron chi connectivity index (χ3n) is 3.17. The van der Waals surface area contributed by atoms with E-state index in [0.29, 0.717) is 12.3 Å². The predicted octanol–water partition coefficient (Wildman–Crippen LogP) is 3.56. The van der Waals surface area contributed by atoms with Gasteiger partial charge in [-0.3, -0.25) is 0 Å². The van der Waals surface area contributed by atoms with Gasteiger partial charge in [-0.25, -0.2) is 9.37 Å². The molecule has 0 aliphatic heterocycles. The molecular formula is C14H18Cl2FN3. The molecule has 0 bridgehead atoms. The van der Waals surface area contributed by atoms with E-state index in [1.54, 1.807) is 6.07 Å².